The van der Waals surface area contributed by atoms with Gasteiger partial charge in [-0.25, -0.2) is 16.8 Å². The van der Waals surface area contributed by atoms with E-state index in [1.807, 2.05) is 0 Å². The molecule has 1 N–H and O–H groups in total. The van der Waals surface area contributed by atoms with E-state index in [1.165, 1.54) is 24.3 Å². The van der Waals surface area contributed by atoms with Gasteiger partial charge >= 0.3 is 6.18 Å². The molecule has 1 fully saturated rings. The molecule has 1 amide bonds. The third kappa shape index (κ3) is 4.78. The molecule has 0 unspecified atom stereocenters. The summed E-state index contributed by atoms with van der Waals surface area (Å²) in [5.41, 5.74) is -0.599. The molecule has 0 saturated carbocycles. The van der Waals surface area contributed by atoms with Crippen molar-refractivity contribution in [3.63, 3.8) is 0 Å². The second kappa shape index (κ2) is 7.45. The molecule has 11 heteroatoms. The number of anilines is 1. The lowest BCUT2D eigenvalue weighted by atomic mass is 10.2. The van der Waals surface area contributed by atoms with Gasteiger partial charge in [-0.05, 0) is 55.0 Å². The molecule has 6 nitrogen and oxygen atoms in total. The maximum atomic E-state index is 12.6. The van der Waals surface area contributed by atoms with Gasteiger partial charge in [0.15, 0.2) is 19.7 Å². The lowest BCUT2D eigenvalue weighted by molar-refractivity contribution is -0.137. The number of rotatable bonds is 4. The molecule has 1 aliphatic heterocycles. The number of amides is 1. The fourth-order valence-electron chi connectivity index (χ4n) is 2.94. The zero-order chi connectivity index (χ0) is 21.4. The topological polar surface area (TPSA) is 97.4 Å². The molecule has 1 atom stereocenters. The number of carbonyl (C=O) groups excluding carboxylic acids is 1. The van der Waals surface area contributed by atoms with Gasteiger partial charge in [0.1, 0.15) is 0 Å². The monoisotopic (exact) mass is 447 g/mol. The summed E-state index contributed by atoms with van der Waals surface area (Å²) in [6.07, 6.45) is -4.46. The van der Waals surface area contributed by atoms with Crippen LogP contribution in [0.4, 0.5) is 18.9 Å². The number of nitrogens with one attached hydrogen (secondary N) is 1. The van der Waals surface area contributed by atoms with Crippen LogP contribution >= 0.6 is 0 Å². The van der Waals surface area contributed by atoms with Crippen molar-refractivity contribution >= 4 is 31.3 Å². The normalized spacial score (nSPS) is 19.1. The van der Waals surface area contributed by atoms with Crippen LogP contribution in [-0.4, -0.2) is 39.5 Å². The first-order valence-electron chi connectivity index (χ1n) is 8.41. The molecule has 0 spiro atoms. The highest BCUT2D eigenvalue weighted by molar-refractivity contribution is 7.96. The molecule has 2 aromatic rings. The van der Waals surface area contributed by atoms with E-state index in [2.05, 4.69) is 5.32 Å². The lowest BCUT2D eigenvalue weighted by Crippen LogP contribution is -2.22. The quantitative estimate of drug-likeness (QED) is 0.777. The number of halogens is 3. The summed E-state index contributed by atoms with van der Waals surface area (Å²) in [4.78, 5) is 12.1. The molecule has 1 aliphatic rings. The van der Waals surface area contributed by atoms with E-state index in [-0.39, 0.29) is 28.3 Å². The van der Waals surface area contributed by atoms with E-state index in [9.17, 15) is 34.8 Å². The van der Waals surface area contributed by atoms with Gasteiger partial charge in [0.2, 0.25) is 0 Å². The summed E-state index contributed by atoms with van der Waals surface area (Å²) in [6.45, 7) is 0. The Kier molecular flexibility index (Phi) is 5.48. The van der Waals surface area contributed by atoms with Crippen LogP contribution in [0.1, 0.15) is 22.3 Å². The van der Waals surface area contributed by atoms with Crippen molar-refractivity contribution in [1.82, 2.24) is 0 Å². The minimum atomic E-state index is -4.48. The Balaban J connectivity index is 1.72. The van der Waals surface area contributed by atoms with E-state index in [1.54, 1.807) is 0 Å². The van der Waals surface area contributed by atoms with Gasteiger partial charge < -0.3 is 5.32 Å². The van der Waals surface area contributed by atoms with Gasteiger partial charge in [-0.2, -0.15) is 13.2 Å². The maximum Gasteiger partial charge on any atom is 0.416 e. The van der Waals surface area contributed by atoms with Crippen LogP contribution in [0.25, 0.3) is 0 Å². The smallest absolute Gasteiger partial charge is 0.322 e. The second-order valence-corrected chi connectivity index (χ2v) is 11.1. The van der Waals surface area contributed by atoms with Gasteiger partial charge in [-0.3, -0.25) is 4.79 Å². The molecular weight excluding hydrogens is 431 g/mol. The summed E-state index contributed by atoms with van der Waals surface area (Å²) < 4.78 is 85.9. The number of alkyl halides is 3. The van der Waals surface area contributed by atoms with Gasteiger partial charge in [-0.15, -0.1) is 0 Å². The van der Waals surface area contributed by atoms with Crippen LogP contribution in [0.3, 0.4) is 0 Å². The highest BCUT2D eigenvalue weighted by Gasteiger charge is 2.38. The number of sulfone groups is 2. The SMILES string of the molecule is O=C(Nc1ccc(C(F)(F)F)cc1)c1ccc(S(=O)(=O)[C@H]2CCS(=O)(=O)C2)cc1. The Hall–Kier alpha value is -2.40. The average Bonchev–Trinajstić information content (AvgIpc) is 3.02. The van der Waals surface area contributed by atoms with Crippen molar-refractivity contribution in [3.05, 3.63) is 59.7 Å². The zero-order valence-electron chi connectivity index (χ0n) is 14.8. The number of hydrogen-bond donors (Lipinski definition) is 1. The van der Waals surface area contributed by atoms with Crippen LogP contribution < -0.4 is 5.32 Å². The van der Waals surface area contributed by atoms with Crippen molar-refractivity contribution in [2.75, 3.05) is 16.8 Å². The minimum Gasteiger partial charge on any atom is -0.322 e. The molecule has 0 bridgehead atoms. The molecule has 0 aromatic heterocycles. The van der Waals surface area contributed by atoms with E-state index in [0.717, 1.165) is 24.3 Å². The van der Waals surface area contributed by atoms with Gasteiger partial charge in [0.05, 0.1) is 27.2 Å². The molecule has 156 valence electrons. The first-order valence-corrected chi connectivity index (χ1v) is 11.8. The number of carbonyl (C=O) groups is 1. The van der Waals surface area contributed by atoms with E-state index in [4.69, 9.17) is 0 Å². The molecule has 0 radical (unpaired) electrons. The summed E-state index contributed by atoms with van der Waals surface area (Å²) in [7, 11) is -7.22. The Bertz CT molecular complexity index is 1120. The van der Waals surface area contributed by atoms with E-state index in [0.29, 0.717) is 0 Å². The predicted molar refractivity (Wildman–Crippen MR) is 100 cm³/mol. The van der Waals surface area contributed by atoms with Crippen molar-refractivity contribution in [2.24, 2.45) is 0 Å². The number of benzene rings is 2. The molecule has 2 aromatic carbocycles. The fourth-order valence-corrected chi connectivity index (χ4v) is 7.30. The van der Waals surface area contributed by atoms with Crippen molar-refractivity contribution in [3.8, 4) is 0 Å². The third-order valence-corrected chi connectivity index (χ3v) is 8.73. The largest absolute Gasteiger partial charge is 0.416 e. The van der Waals surface area contributed by atoms with Crippen LogP contribution in [0.2, 0.25) is 0 Å². The molecule has 1 saturated heterocycles. The Morgan fingerprint density at radius 2 is 1.59 bits per heavy atom. The molecule has 1 heterocycles. The Morgan fingerprint density at radius 3 is 2.07 bits per heavy atom. The van der Waals surface area contributed by atoms with Crippen molar-refractivity contribution in [1.29, 1.82) is 0 Å². The Morgan fingerprint density at radius 1 is 1.00 bits per heavy atom. The highest BCUT2D eigenvalue weighted by atomic mass is 32.2. The predicted octanol–water partition coefficient (Wildman–Crippen LogP) is 2.92. The van der Waals surface area contributed by atoms with Crippen LogP contribution in [-0.2, 0) is 25.9 Å². The zero-order valence-corrected chi connectivity index (χ0v) is 16.4. The lowest BCUT2D eigenvalue weighted by Gasteiger charge is -2.11. The first-order chi connectivity index (χ1) is 13.4. The Labute approximate surface area is 165 Å². The summed E-state index contributed by atoms with van der Waals surface area (Å²) in [6, 6.07) is 8.83. The van der Waals surface area contributed by atoms with Crippen LogP contribution in [0.5, 0.6) is 0 Å². The van der Waals surface area contributed by atoms with Crippen LogP contribution in [0.15, 0.2) is 53.4 Å². The summed E-state index contributed by atoms with van der Waals surface area (Å²) in [5.74, 6) is -1.23. The van der Waals surface area contributed by atoms with Crippen molar-refractivity contribution in [2.45, 2.75) is 22.7 Å². The van der Waals surface area contributed by atoms with E-state index < -0.39 is 48.3 Å². The number of hydrogen-bond acceptors (Lipinski definition) is 5. The fraction of sp³-hybridized carbons (Fsp3) is 0.278. The maximum absolute atomic E-state index is 12.6. The summed E-state index contributed by atoms with van der Waals surface area (Å²) >= 11 is 0. The average molecular weight is 447 g/mol. The molecule has 0 aliphatic carbocycles. The summed E-state index contributed by atoms with van der Waals surface area (Å²) in [5, 5.41) is 1.41. The first kappa shape index (κ1) is 21.3. The van der Waals surface area contributed by atoms with Gasteiger partial charge in [0, 0.05) is 11.3 Å². The van der Waals surface area contributed by atoms with Crippen molar-refractivity contribution < 1.29 is 34.8 Å². The second-order valence-electron chi connectivity index (χ2n) is 6.62. The third-order valence-electron chi connectivity index (χ3n) is 4.54. The standard InChI is InChI=1S/C18H16F3NO5S2/c19-18(20,21)13-3-5-14(6-4-13)22-17(23)12-1-7-15(8-2-12)29(26,27)16-9-10-28(24,25)11-16/h1-8,16H,9-11H2,(H,22,23)/t16-/m0/s1. The van der Waals surface area contributed by atoms with Gasteiger partial charge in [0.25, 0.3) is 5.91 Å². The van der Waals surface area contributed by atoms with Gasteiger partial charge in [-0.1, -0.05) is 0 Å². The van der Waals surface area contributed by atoms with E-state index >= 15 is 0 Å². The molecule has 3 rings (SSSR count). The molecular formula is C18H16F3NO5S2. The minimum absolute atomic E-state index is 0.0286. The molecule has 29 heavy (non-hydrogen) atoms. The van der Waals surface area contributed by atoms with Crippen LogP contribution in [0, 0.1) is 0 Å². The highest BCUT2D eigenvalue weighted by Crippen LogP contribution is 2.30.